The van der Waals surface area contributed by atoms with Crippen molar-refractivity contribution >= 4 is 22.8 Å². The number of benzene rings is 2. The number of ether oxygens (including phenoxy) is 1. The number of rotatable bonds is 4. The van der Waals surface area contributed by atoms with Crippen molar-refractivity contribution in [3.8, 4) is 0 Å². The minimum atomic E-state index is -0.261. The number of hydrogen-bond acceptors (Lipinski definition) is 4. The van der Waals surface area contributed by atoms with Gasteiger partial charge < -0.3 is 9.72 Å². The minimum Gasteiger partial charge on any atom is -0.463 e. The molecule has 0 atom stereocenters. The van der Waals surface area contributed by atoms with E-state index in [0.717, 1.165) is 31.2 Å². The molecule has 6 nitrogen and oxygen atoms in total. The van der Waals surface area contributed by atoms with Gasteiger partial charge >= 0.3 is 11.7 Å². The van der Waals surface area contributed by atoms with E-state index in [1.807, 2.05) is 24.3 Å². The van der Waals surface area contributed by atoms with Crippen molar-refractivity contribution in [2.24, 2.45) is 0 Å². The van der Waals surface area contributed by atoms with E-state index < -0.39 is 0 Å². The number of H-pyrrole nitrogens is 1. The van der Waals surface area contributed by atoms with Gasteiger partial charge in [-0.15, -0.1) is 0 Å². The predicted octanol–water partition coefficient (Wildman–Crippen LogP) is 3.61. The van der Waals surface area contributed by atoms with Crippen molar-refractivity contribution in [3.05, 3.63) is 70.1 Å². The summed E-state index contributed by atoms with van der Waals surface area (Å²) >= 11 is 0. The van der Waals surface area contributed by atoms with E-state index >= 15 is 0 Å². The first kappa shape index (κ1) is 18.2. The zero-order chi connectivity index (χ0) is 19.7. The third-order valence-electron chi connectivity index (χ3n) is 5.36. The number of carbonyl (C=O) groups is 2. The van der Waals surface area contributed by atoms with Crippen LogP contribution in [0, 0.1) is 0 Å². The number of ketones is 1. The highest BCUT2D eigenvalue weighted by Crippen LogP contribution is 2.31. The highest BCUT2D eigenvalue weighted by atomic mass is 16.5. The molecule has 0 saturated heterocycles. The van der Waals surface area contributed by atoms with Crippen LogP contribution in [0.2, 0.25) is 0 Å². The Morgan fingerprint density at radius 1 is 1.00 bits per heavy atom. The molecule has 1 fully saturated rings. The van der Waals surface area contributed by atoms with E-state index in [2.05, 4.69) is 4.98 Å². The maximum absolute atomic E-state index is 12.7. The lowest BCUT2D eigenvalue weighted by molar-refractivity contribution is -0.148. The molecule has 0 bridgehead atoms. The third-order valence-corrected chi connectivity index (χ3v) is 5.36. The molecule has 0 radical (unpaired) electrons. The molecule has 1 aliphatic carbocycles. The van der Waals surface area contributed by atoms with Crippen LogP contribution in [-0.4, -0.2) is 27.4 Å². The molecule has 0 unspecified atom stereocenters. The molecule has 1 heterocycles. The second kappa shape index (κ2) is 7.46. The van der Waals surface area contributed by atoms with Gasteiger partial charge in [0.25, 0.3) is 0 Å². The average Bonchev–Trinajstić information content (AvgIpc) is 3.03. The Balaban J connectivity index is 1.60. The lowest BCUT2D eigenvalue weighted by Crippen LogP contribution is -2.29. The van der Waals surface area contributed by atoms with Crippen LogP contribution < -0.4 is 5.69 Å². The van der Waals surface area contributed by atoms with Crippen molar-refractivity contribution < 1.29 is 14.3 Å². The molecule has 1 aliphatic rings. The Morgan fingerprint density at radius 2 is 1.71 bits per heavy atom. The lowest BCUT2D eigenvalue weighted by Gasteiger charge is -2.28. The molecular weight excluding hydrogens is 356 g/mol. The molecule has 1 saturated carbocycles. The van der Waals surface area contributed by atoms with Crippen LogP contribution in [0.3, 0.4) is 0 Å². The van der Waals surface area contributed by atoms with Crippen molar-refractivity contribution in [1.29, 1.82) is 0 Å². The quantitative estimate of drug-likeness (QED) is 0.555. The number of nitrogens with one attached hydrogen (secondary N) is 1. The van der Waals surface area contributed by atoms with Crippen molar-refractivity contribution in [3.63, 3.8) is 0 Å². The Morgan fingerprint density at radius 3 is 2.39 bits per heavy atom. The minimum absolute atomic E-state index is 0.0590. The third kappa shape index (κ3) is 3.50. The molecule has 1 aromatic heterocycles. The van der Waals surface area contributed by atoms with E-state index in [4.69, 9.17) is 4.74 Å². The summed E-state index contributed by atoms with van der Waals surface area (Å²) in [5.74, 6) is -0.332. The first-order chi connectivity index (χ1) is 13.5. The summed E-state index contributed by atoms with van der Waals surface area (Å²) < 4.78 is 7.06. The van der Waals surface area contributed by atoms with Crippen molar-refractivity contribution in [2.45, 2.75) is 44.8 Å². The number of esters is 1. The summed E-state index contributed by atoms with van der Waals surface area (Å²) in [6, 6.07) is 14.5. The van der Waals surface area contributed by atoms with Gasteiger partial charge in [-0.05, 0) is 43.9 Å². The van der Waals surface area contributed by atoms with Gasteiger partial charge in [-0.25, -0.2) is 4.79 Å². The summed E-state index contributed by atoms with van der Waals surface area (Å²) in [4.78, 5) is 39.3. The van der Waals surface area contributed by atoms with E-state index in [9.17, 15) is 14.4 Å². The van der Waals surface area contributed by atoms with Crippen LogP contribution in [0.1, 0.15) is 54.6 Å². The molecule has 144 valence electrons. The lowest BCUT2D eigenvalue weighted by atomic mass is 9.92. The fourth-order valence-electron chi connectivity index (χ4n) is 4.05. The smallest absolute Gasteiger partial charge is 0.326 e. The zero-order valence-corrected chi connectivity index (χ0v) is 15.7. The van der Waals surface area contributed by atoms with Crippen LogP contribution >= 0.6 is 0 Å². The standard InChI is InChI=1S/C22H22N2O4/c1-14(25)28-18-10-8-17(9-11-18)24-20-12-7-16(13-19(20)23-22(24)27)21(26)15-5-3-2-4-6-15/h2-7,12-13,17-18H,8-11H2,1H3,(H,23,27). The van der Waals surface area contributed by atoms with Crippen LogP contribution in [-0.2, 0) is 9.53 Å². The summed E-state index contributed by atoms with van der Waals surface area (Å²) in [6.07, 6.45) is 2.97. The molecule has 3 aromatic rings. The summed E-state index contributed by atoms with van der Waals surface area (Å²) in [7, 11) is 0. The molecule has 28 heavy (non-hydrogen) atoms. The average molecular weight is 378 g/mol. The van der Waals surface area contributed by atoms with E-state index in [1.54, 1.807) is 28.8 Å². The van der Waals surface area contributed by atoms with Gasteiger partial charge in [0, 0.05) is 24.1 Å². The molecule has 0 spiro atoms. The van der Waals surface area contributed by atoms with Crippen LogP contribution in [0.4, 0.5) is 0 Å². The highest BCUT2D eigenvalue weighted by molar-refractivity contribution is 6.10. The Bertz CT molecular complexity index is 1070. The second-order valence-corrected chi connectivity index (χ2v) is 7.27. The van der Waals surface area contributed by atoms with E-state index in [-0.39, 0.29) is 29.6 Å². The van der Waals surface area contributed by atoms with Gasteiger partial charge in [-0.3, -0.25) is 14.2 Å². The normalized spacial score (nSPS) is 19.5. The first-order valence-electron chi connectivity index (χ1n) is 9.54. The summed E-state index contributed by atoms with van der Waals surface area (Å²) in [6.45, 7) is 1.42. The van der Waals surface area contributed by atoms with E-state index in [1.165, 1.54) is 6.92 Å². The Kier molecular flexibility index (Phi) is 4.86. The number of aromatic nitrogens is 2. The molecule has 2 aromatic carbocycles. The topological polar surface area (TPSA) is 81.2 Å². The van der Waals surface area contributed by atoms with Crippen LogP contribution in [0.15, 0.2) is 53.3 Å². The second-order valence-electron chi connectivity index (χ2n) is 7.27. The molecule has 4 rings (SSSR count). The number of nitrogens with zero attached hydrogens (tertiary/aromatic N) is 1. The van der Waals surface area contributed by atoms with Gasteiger partial charge in [0.2, 0.25) is 0 Å². The monoisotopic (exact) mass is 378 g/mol. The summed E-state index contributed by atoms with van der Waals surface area (Å²) in [5, 5.41) is 0. The van der Waals surface area contributed by atoms with Gasteiger partial charge in [-0.1, -0.05) is 30.3 Å². The van der Waals surface area contributed by atoms with Crippen LogP contribution in [0.5, 0.6) is 0 Å². The Labute approximate surface area is 162 Å². The molecule has 0 amide bonds. The van der Waals surface area contributed by atoms with Gasteiger partial charge in [0.05, 0.1) is 11.0 Å². The number of aromatic amines is 1. The zero-order valence-electron chi connectivity index (χ0n) is 15.7. The predicted molar refractivity (Wildman–Crippen MR) is 105 cm³/mol. The maximum atomic E-state index is 12.7. The SMILES string of the molecule is CC(=O)OC1CCC(n2c(=O)[nH]c3cc(C(=O)c4ccccc4)ccc32)CC1. The fraction of sp³-hybridized carbons (Fsp3) is 0.318. The molecular formula is C22H22N2O4. The van der Waals surface area contributed by atoms with Crippen LogP contribution in [0.25, 0.3) is 11.0 Å². The number of carbonyl (C=O) groups excluding carboxylic acids is 2. The molecule has 6 heteroatoms. The number of imidazole rings is 1. The molecule has 0 aliphatic heterocycles. The van der Waals surface area contributed by atoms with Crippen molar-refractivity contribution in [2.75, 3.05) is 0 Å². The van der Waals surface area contributed by atoms with Gasteiger partial charge in [0.1, 0.15) is 6.10 Å². The first-order valence-corrected chi connectivity index (χ1v) is 9.54. The van der Waals surface area contributed by atoms with Gasteiger partial charge in [0.15, 0.2) is 5.78 Å². The number of fused-ring (bicyclic) bond motifs is 1. The largest absolute Gasteiger partial charge is 0.463 e. The van der Waals surface area contributed by atoms with Crippen molar-refractivity contribution in [1.82, 2.24) is 9.55 Å². The highest BCUT2D eigenvalue weighted by Gasteiger charge is 2.26. The molecule has 1 N–H and O–H groups in total. The Hall–Kier alpha value is -3.15. The summed E-state index contributed by atoms with van der Waals surface area (Å²) in [5.41, 5.74) is 2.45. The maximum Gasteiger partial charge on any atom is 0.326 e. The van der Waals surface area contributed by atoms with Gasteiger partial charge in [-0.2, -0.15) is 0 Å². The number of hydrogen-bond donors (Lipinski definition) is 1. The van der Waals surface area contributed by atoms with E-state index in [0.29, 0.717) is 16.6 Å². The fourth-order valence-corrected chi connectivity index (χ4v) is 4.05.